The fourth-order valence-corrected chi connectivity index (χ4v) is 3.51. The van der Waals surface area contributed by atoms with E-state index in [2.05, 4.69) is 27.3 Å². The number of para-hydroxylation sites is 1. The molecule has 1 N–H and O–H groups in total. The Kier molecular flexibility index (Phi) is 8.01. The van der Waals surface area contributed by atoms with Gasteiger partial charge in [-0.1, -0.05) is 30.3 Å². The van der Waals surface area contributed by atoms with Gasteiger partial charge in [0.1, 0.15) is 5.82 Å². The molecule has 0 aromatic heterocycles. The number of anilines is 1. The molecule has 0 saturated heterocycles. The summed E-state index contributed by atoms with van der Waals surface area (Å²) in [5.74, 6) is 0.0541. The first-order valence-electron chi connectivity index (χ1n) is 9.82. The van der Waals surface area contributed by atoms with Crippen LogP contribution in [0.3, 0.4) is 0 Å². The average Bonchev–Trinajstić information content (AvgIpc) is 2.78. The fraction of sp³-hybridized carbons (Fsp3) is 0.120. The topological polar surface area (TPSA) is 71.3 Å². The van der Waals surface area contributed by atoms with Gasteiger partial charge in [-0.3, -0.25) is 4.79 Å². The van der Waals surface area contributed by atoms with E-state index < -0.39 is 5.82 Å². The van der Waals surface area contributed by atoms with Crippen molar-refractivity contribution in [3.63, 3.8) is 0 Å². The minimum atomic E-state index is -0.419. The lowest BCUT2D eigenvalue weighted by molar-refractivity contribution is -0.118. The van der Waals surface area contributed by atoms with Crippen molar-refractivity contribution in [1.29, 1.82) is 5.26 Å². The van der Waals surface area contributed by atoms with Crippen molar-refractivity contribution in [2.75, 3.05) is 18.5 Å². The summed E-state index contributed by atoms with van der Waals surface area (Å²) in [6.07, 6.45) is 1.63. The van der Waals surface area contributed by atoms with Gasteiger partial charge in [-0.25, -0.2) is 4.39 Å². The first-order valence-corrected chi connectivity index (χ1v) is 10.6. The monoisotopic (exact) mass is 494 g/mol. The zero-order valence-corrected chi connectivity index (χ0v) is 18.9. The highest BCUT2D eigenvalue weighted by Crippen LogP contribution is 2.38. The highest BCUT2D eigenvalue weighted by molar-refractivity contribution is 9.10. The van der Waals surface area contributed by atoms with Gasteiger partial charge < -0.3 is 14.8 Å². The van der Waals surface area contributed by atoms with Gasteiger partial charge in [0.05, 0.1) is 22.7 Å². The van der Waals surface area contributed by atoms with Crippen molar-refractivity contribution in [2.45, 2.75) is 6.92 Å². The van der Waals surface area contributed by atoms with Gasteiger partial charge in [0, 0.05) is 5.69 Å². The normalized spacial score (nSPS) is 10.9. The van der Waals surface area contributed by atoms with E-state index >= 15 is 0 Å². The van der Waals surface area contributed by atoms with Crippen LogP contribution in [0.15, 0.2) is 71.2 Å². The summed E-state index contributed by atoms with van der Waals surface area (Å²) >= 11 is 3.46. The maximum Gasteiger partial charge on any atom is 0.262 e. The predicted octanol–water partition coefficient (Wildman–Crippen LogP) is 6.07. The van der Waals surface area contributed by atoms with Gasteiger partial charge >= 0.3 is 0 Å². The molecule has 0 radical (unpaired) electrons. The molecule has 1 amide bonds. The summed E-state index contributed by atoms with van der Waals surface area (Å²) in [7, 11) is 0. The molecule has 0 unspecified atom stereocenters. The number of ether oxygens (including phenoxy) is 2. The summed E-state index contributed by atoms with van der Waals surface area (Å²) in [5.41, 5.74) is 2.10. The van der Waals surface area contributed by atoms with Crippen molar-refractivity contribution >= 4 is 39.2 Å². The Morgan fingerprint density at radius 2 is 1.91 bits per heavy atom. The second-order valence-electron chi connectivity index (χ2n) is 6.65. The van der Waals surface area contributed by atoms with Crippen molar-refractivity contribution in [2.24, 2.45) is 0 Å². The Bertz CT molecular complexity index is 1170. The third kappa shape index (κ3) is 6.19. The Morgan fingerprint density at radius 1 is 1.12 bits per heavy atom. The van der Waals surface area contributed by atoms with E-state index in [0.717, 1.165) is 0 Å². The number of nitrogens with one attached hydrogen (secondary N) is 1. The number of hydrogen-bond acceptors (Lipinski definition) is 4. The second-order valence-corrected chi connectivity index (χ2v) is 7.50. The predicted molar refractivity (Wildman–Crippen MR) is 126 cm³/mol. The standard InChI is InChI=1S/C25H20BrFN2O3/c1-2-31-23-13-17(11-19(15-28)18-7-6-8-20(27)14-18)12-22(26)25(23)32-16-24(30)29-21-9-4-3-5-10-21/h3-14H,2,16H2,1H3,(H,29,30)/b19-11-. The maximum absolute atomic E-state index is 13.6. The summed E-state index contributed by atoms with van der Waals surface area (Å²) in [5, 5.41) is 12.3. The number of nitriles is 1. The van der Waals surface area contributed by atoms with Gasteiger partial charge in [-0.15, -0.1) is 0 Å². The highest BCUT2D eigenvalue weighted by Gasteiger charge is 2.14. The first kappa shape index (κ1) is 23.0. The lowest BCUT2D eigenvalue weighted by Gasteiger charge is -2.15. The number of amides is 1. The maximum atomic E-state index is 13.6. The van der Waals surface area contributed by atoms with E-state index in [0.29, 0.717) is 45.0 Å². The summed E-state index contributed by atoms with van der Waals surface area (Å²) < 4.78 is 25.5. The molecule has 0 spiro atoms. The van der Waals surface area contributed by atoms with E-state index in [-0.39, 0.29) is 12.5 Å². The minimum absolute atomic E-state index is 0.213. The molecule has 162 valence electrons. The van der Waals surface area contributed by atoms with Gasteiger partial charge in [0.2, 0.25) is 0 Å². The molecule has 3 rings (SSSR count). The van der Waals surface area contributed by atoms with Crippen LogP contribution in [0.1, 0.15) is 18.1 Å². The van der Waals surface area contributed by atoms with Gasteiger partial charge in [0.25, 0.3) is 5.91 Å². The zero-order chi connectivity index (χ0) is 22.9. The molecule has 0 heterocycles. The van der Waals surface area contributed by atoms with Crippen LogP contribution < -0.4 is 14.8 Å². The molecule has 0 aliphatic heterocycles. The van der Waals surface area contributed by atoms with Crippen LogP contribution in [0.2, 0.25) is 0 Å². The molecule has 7 heteroatoms. The Labute approximate surface area is 194 Å². The van der Waals surface area contributed by atoms with Crippen LogP contribution in [-0.4, -0.2) is 19.1 Å². The molecular formula is C25H20BrFN2O3. The lowest BCUT2D eigenvalue weighted by atomic mass is 10.0. The van der Waals surface area contributed by atoms with Crippen molar-refractivity contribution in [1.82, 2.24) is 0 Å². The van der Waals surface area contributed by atoms with Crippen LogP contribution >= 0.6 is 15.9 Å². The molecule has 0 aliphatic carbocycles. The molecule has 0 bridgehead atoms. The smallest absolute Gasteiger partial charge is 0.262 e. The summed E-state index contributed by atoms with van der Waals surface area (Å²) in [6, 6.07) is 20.5. The summed E-state index contributed by atoms with van der Waals surface area (Å²) in [6.45, 7) is 1.99. The second kappa shape index (κ2) is 11.1. The van der Waals surface area contributed by atoms with E-state index in [1.807, 2.05) is 25.1 Å². The number of nitrogens with zero attached hydrogens (tertiary/aromatic N) is 1. The number of allylic oxidation sites excluding steroid dienone is 1. The third-order valence-corrected chi connectivity index (χ3v) is 4.89. The van der Waals surface area contributed by atoms with Crippen molar-refractivity contribution < 1.29 is 18.7 Å². The molecule has 0 saturated carbocycles. The Balaban J connectivity index is 1.83. The number of carbonyl (C=O) groups is 1. The number of hydrogen-bond donors (Lipinski definition) is 1. The quantitative estimate of drug-likeness (QED) is 0.304. The van der Waals surface area contributed by atoms with Crippen LogP contribution in [0.25, 0.3) is 11.6 Å². The molecule has 3 aromatic rings. The van der Waals surface area contributed by atoms with E-state index in [9.17, 15) is 14.4 Å². The molecule has 5 nitrogen and oxygen atoms in total. The van der Waals surface area contributed by atoms with Crippen LogP contribution in [-0.2, 0) is 4.79 Å². The molecular weight excluding hydrogens is 475 g/mol. The van der Waals surface area contributed by atoms with Crippen LogP contribution in [0.5, 0.6) is 11.5 Å². The molecule has 32 heavy (non-hydrogen) atoms. The summed E-state index contributed by atoms with van der Waals surface area (Å²) in [4.78, 5) is 12.2. The van der Waals surface area contributed by atoms with E-state index in [1.165, 1.54) is 12.1 Å². The van der Waals surface area contributed by atoms with Crippen LogP contribution in [0, 0.1) is 17.1 Å². The van der Waals surface area contributed by atoms with Gasteiger partial charge in [0.15, 0.2) is 18.1 Å². The highest BCUT2D eigenvalue weighted by atomic mass is 79.9. The number of rotatable bonds is 8. The molecule has 0 atom stereocenters. The largest absolute Gasteiger partial charge is 0.490 e. The average molecular weight is 495 g/mol. The first-order chi connectivity index (χ1) is 15.5. The zero-order valence-electron chi connectivity index (χ0n) is 17.3. The lowest BCUT2D eigenvalue weighted by Crippen LogP contribution is -2.20. The number of halogens is 2. The van der Waals surface area contributed by atoms with Gasteiger partial charge in [-0.05, 0) is 76.5 Å². The molecule has 0 aliphatic rings. The SMILES string of the molecule is CCOc1cc(/C=C(/C#N)c2cccc(F)c2)cc(Br)c1OCC(=O)Nc1ccccc1. The number of benzene rings is 3. The van der Waals surface area contributed by atoms with Crippen LogP contribution in [0.4, 0.5) is 10.1 Å². The fourth-order valence-electron chi connectivity index (χ4n) is 2.93. The minimum Gasteiger partial charge on any atom is -0.490 e. The third-order valence-electron chi connectivity index (χ3n) is 4.30. The Hall–Kier alpha value is -3.63. The molecule has 3 aromatic carbocycles. The van der Waals surface area contributed by atoms with Crippen molar-refractivity contribution in [3.05, 3.63) is 88.1 Å². The van der Waals surface area contributed by atoms with E-state index in [1.54, 1.807) is 42.5 Å². The number of carbonyl (C=O) groups excluding carboxylic acids is 1. The Morgan fingerprint density at radius 3 is 2.59 bits per heavy atom. The van der Waals surface area contributed by atoms with Crippen molar-refractivity contribution in [3.8, 4) is 17.6 Å². The van der Waals surface area contributed by atoms with E-state index in [4.69, 9.17) is 9.47 Å². The molecule has 0 fully saturated rings. The van der Waals surface area contributed by atoms with Gasteiger partial charge in [-0.2, -0.15) is 5.26 Å².